The number of rotatable bonds is 3. The number of hydrogen-bond acceptors (Lipinski definition) is 2. The van der Waals surface area contributed by atoms with E-state index in [2.05, 4.69) is 58.1 Å². The first-order valence-corrected chi connectivity index (χ1v) is 11.1. The van der Waals surface area contributed by atoms with Crippen molar-refractivity contribution in [2.24, 2.45) is 0 Å². The number of aliphatic hydroxyl groups is 1. The van der Waals surface area contributed by atoms with Gasteiger partial charge in [-0.3, -0.25) is 0 Å². The van der Waals surface area contributed by atoms with E-state index in [1.807, 2.05) is 0 Å². The maximum absolute atomic E-state index is 9.61. The Morgan fingerprint density at radius 2 is 1.52 bits per heavy atom. The summed E-state index contributed by atoms with van der Waals surface area (Å²) < 4.78 is 6.32. The molecular weight excluding hydrogens is 276 g/mol. The standard InChI is InChI=1S/C18H30O2Si/c1-18(2,3)21(4,5)20-17-12-8-15(9-13-17)14-6-10-16(19)11-7-14/h8-9,12-14,16,19H,6-7,10-11H2,1-5H3/t14-,16+. The molecule has 0 radical (unpaired) electrons. The summed E-state index contributed by atoms with van der Waals surface area (Å²) in [6.45, 7) is 11.4. The van der Waals surface area contributed by atoms with Crippen LogP contribution in [0.5, 0.6) is 5.75 Å². The molecule has 2 nitrogen and oxygen atoms in total. The molecule has 0 amide bonds. The van der Waals surface area contributed by atoms with Crippen LogP contribution >= 0.6 is 0 Å². The van der Waals surface area contributed by atoms with Gasteiger partial charge in [-0.1, -0.05) is 32.9 Å². The van der Waals surface area contributed by atoms with E-state index >= 15 is 0 Å². The molecule has 1 saturated carbocycles. The van der Waals surface area contributed by atoms with Gasteiger partial charge >= 0.3 is 0 Å². The summed E-state index contributed by atoms with van der Waals surface area (Å²) in [4.78, 5) is 0. The molecule has 0 atom stereocenters. The van der Waals surface area contributed by atoms with Crippen molar-refractivity contribution >= 4 is 8.32 Å². The van der Waals surface area contributed by atoms with Gasteiger partial charge in [-0.05, 0) is 67.4 Å². The number of benzene rings is 1. The van der Waals surface area contributed by atoms with Crippen LogP contribution in [-0.2, 0) is 0 Å². The van der Waals surface area contributed by atoms with Crippen LogP contribution in [0.4, 0.5) is 0 Å². The van der Waals surface area contributed by atoms with E-state index in [-0.39, 0.29) is 11.1 Å². The second-order valence-corrected chi connectivity index (χ2v) is 12.7. The van der Waals surface area contributed by atoms with Crippen LogP contribution in [0.15, 0.2) is 24.3 Å². The average molecular weight is 307 g/mol. The lowest BCUT2D eigenvalue weighted by Crippen LogP contribution is -2.43. The molecule has 0 aromatic heterocycles. The quantitative estimate of drug-likeness (QED) is 0.788. The minimum absolute atomic E-state index is 0.0811. The van der Waals surface area contributed by atoms with E-state index in [0.29, 0.717) is 5.92 Å². The average Bonchev–Trinajstić information content (AvgIpc) is 2.39. The van der Waals surface area contributed by atoms with Crippen molar-refractivity contribution in [3.63, 3.8) is 0 Å². The molecule has 1 aliphatic carbocycles. The molecule has 1 N–H and O–H groups in total. The summed E-state index contributed by atoms with van der Waals surface area (Å²) in [7, 11) is -1.74. The molecule has 0 aliphatic heterocycles. The minimum Gasteiger partial charge on any atom is -0.544 e. The lowest BCUT2D eigenvalue weighted by atomic mass is 9.83. The first kappa shape index (κ1) is 16.6. The van der Waals surface area contributed by atoms with E-state index in [0.717, 1.165) is 31.4 Å². The zero-order chi connectivity index (χ0) is 15.7. The van der Waals surface area contributed by atoms with E-state index in [4.69, 9.17) is 4.43 Å². The van der Waals surface area contributed by atoms with Crippen molar-refractivity contribution in [3.05, 3.63) is 29.8 Å². The third-order valence-electron chi connectivity index (χ3n) is 5.23. The number of aliphatic hydroxyl groups excluding tert-OH is 1. The SMILES string of the molecule is CC(C)(C)[Si](C)(C)Oc1ccc([C@H]2CC[C@@H](O)CC2)cc1. The second kappa shape index (κ2) is 6.13. The normalized spacial score (nSPS) is 23.9. The van der Waals surface area contributed by atoms with Gasteiger partial charge in [0.1, 0.15) is 5.75 Å². The molecule has 0 unspecified atom stereocenters. The van der Waals surface area contributed by atoms with Gasteiger partial charge in [-0.2, -0.15) is 0 Å². The van der Waals surface area contributed by atoms with Gasteiger partial charge in [-0.25, -0.2) is 0 Å². The van der Waals surface area contributed by atoms with Gasteiger partial charge in [0.25, 0.3) is 0 Å². The predicted molar refractivity (Wildman–Crippen MR) is 91.5 cm³/mol. The van der Waals surface area contributed by atoms with Crippen molar-refractivity contribution in [1.29, 1.82) is 0 Å². The predicted octanol–water partition coefficient (Wildman–Crippen LogP) is 5.09. The summed E-state index contributed by atoms with van der Waals surface area (Å²) in [6.07, 6.45) is 4.00. The molecule has 118 valence electrons. The second-order valence-electron chi connectivity index (χ2n) is 7.94. The topological polar surface area (TPSA) is 29.5 Å². The highest BCUT2D eigenvalue weighted by Crippen LogP contribution is 2.38. The smallest absolute Gasteiger partial charge is 0.250 e. The Morgan fingerprint density at radius 3 is 2.00 bits per heavy atom. The highest BCUT2D eigenvalue weighted by Gasteiger charge is 2.38. The Kier molecular flexibility index (Phi) is 4.84. The van der Waals surface area contributed by atoms with Crippen molar-refractivity contribution in [2.45, 2.75) is 76.6 Å². The van der Waals surface area contributed by atoms with E-state index < -0.39 is 8.32 Å². The van der Waals surface area contributed by atoms with Crippen LogP contribution in [0.3, 0.4) is 0 Å². The molecule has 21 heavy (non-hydrogen) atoms. The van der Waals surface area contributed by atoms with Crippen molar-refractivity contribution < 1.29 is 9.53 Å². The molecule has 3 heteroatoms. The van der Waals surface area contributed by atoms with Gasteiger partial charge in [0.15, 0.2) is 0 Å². The first-order chi connectivity index (χ1) is 9.69. The zero-order valence-electron chi connectivity index (χ0n) is 14.1. The molecule has 0 heterocycles. The third-order valence-corrected chi connectivity index (χ3v) is 9.59. The fourth-order valence-corrected chi connectivity index (χ4v) is 3.70. The Balaban J connectivity index is 2.02. The Hall–Kier alpha value is -0.803. The third kappa shape index (κ3) is 4.10. The molecule has 0 spiro atoms. The molecule has 1 aromatic rings. The Labute approximate surface area is 130 Å². The van der Waals surface area contributed by atoms with E-state index in [1.165, 1.54) is 5.56 Å². The van der Waals surface area contributed by atoms with Crippen molar-refractivity contribution in [3.8, 4) is 5.75 Å². The fraction of sp³-hybridized carbons (Fsp3) is 0.667. The largest absolute Gasteiger partial charge is 0.544 e. The molecular formula is C18H30O2Si. The van der Waals surface area contributed by atoms with Gasteiger partial charge in [0.05, 0.1) is 6.10 Å². The Morgan fingerprint density at radius 1 is 1.00 bits per heavy atom. The van der Waals surface area contributed by atoms with Crippen LogP contribution in [0, 0.1) is 0 Å². The lowest BCUT2D eigenvalue weighted by Gasteiger charge is -2.36. The van der Waals surface area contributed by atoms with Crippen LogP contribution < -0.4 is 4.43 Å². The molecule has 0 bridgehead atoms. The van der Waals surface area contributed by atoms with Crippen LogP contribution in [0.2, 0.25) is 18.1 Å². The highest BCUT2D eigenvalue weighted by molar-refractivity contribution is 6.74. The van der Waals surface area contributed by atoms with Crippen LogP contribution in [0.1, 0.15) is 57.9 Å². The molecule has 1 fully saturated rings. The van der Waals surface area contributed by atoms with E-state index in [1.54, 1.807) is 0 Å². The molecule has 0 saturated heterocycles. The van der Waals surface area contributed by atoms with Gasteiger partial charge in [-0.15, -0.1) is 0 Å². The summed E-state index contributed by atoms with van der Waals surface area (Å²) >= 11 is 0. The van der Waals surface area contributed by atoms with Gasteiger partial charge in [0.2, 0.25) is 8.32 Å². The lowest BCUT2D eigenvalue weighted by molar-refractivity contribution is 0.122. The summed E-state index contributed by atoms with van der Waals surface area (Å²) in [5, 5.41) is 9.83. The maximum Gasteiger partial charge on any atom is 0.250 e. The fourth-order valence-electron chi connectivity index (χ4n) is 2.66. The summed E-state index contributed by atoms with van der Waals surface area (Å²) in [6, 6.07) is 8.68. The maximum atomic E-state index is 9.61. The molecule has 1 aliphatic rings. The van der Waals surface area contributed by atoms with Crippen LogP contribution in [0.25, 0.3) is 0 Å². The Bertz CT molecular complexity index is 451. The van der Waals surface area contributed by atoms with Crippen molar-refractivity contribution in [1.82, 2.24) is 0 Å². The molecule has 2 rings (SSSR count). The zero-order valence-corrected chi connectivity index (χ0v) is 15.1. The summed E-state index contributed by atoms with van der Waals surface area (Å²) in [5.74, 6) is 1.61. The van der Waals surface area contributed by atoms with E-state index in [9.17, 15) is 5.11 Å². The molecule has 1 aromatic carbocycles. The monoisotopic (exact) mass is 306 g/mol. The van der Waals surface area contributed by atoms with Crippen molar-refractivity contribution in [2.75, 3.05) is 0 Å². The highest BCUT2D eigenvalue weighted by atomic mass is 28.4. The summed E-state index contributed by atoms with van der Waals surface area (Å²) in [5.41, 5.74) is 1.39. The first-order valence-electron chi connectivity index (χ1n) is 8.16. The minimum atomic E-state index is -1.74. The van der Waals surface area contributed by atoms with Gasteiger partial charge in [0, 0.05) is 0 Å². The number of hydrogen-bond donors (Lipinski definition) is 1. The van der Waals surface area contributed by atoms with Gasteiger partial charge < -0.3 is 9.53 Å². The van der Waals surface area contributed by atoms with Crippen LogP contribution in [-0.4, -0.2) is 19.5 Å².